The van der Waals surface area contributed by atoms with Crippen molar-refractivity contribution in [3.63, 3.8) is 0 Å². The molecule has 0 N–H and O–H groups in total. The molecule has 2 aromatic heterocycles. The number of alkyl halides is 1. The standard InChI is InChI=1S/C23H25F3N6O2/c1-13(10-28-15(3)14(2)24)17-4-5-20-31(17)22(33)23(34-20)7-9-30(12-18(23)26)19-6-8-27-21-16(25)11-29-32(19)21/h6,8,10-11,17-18,20H,1,4-5,7,9,12H2,2-3H3/b15-14+,28-10-/t17-,18?,20+,23?/m0/s1. The van der Waals surface area contributed by atoms with Crippen molar-refractivity contribution in [2.45, 2.75) is 57.2 Å². The van der Waals surface area contributed by atoms with Gasteiger partial charge in [0, 0.05) is 25.4 Å². The number of nitrogens with zero attached hydrogens (tertiary/aromatic N) is 6. The van der Waals surface area contributed by atoms with Crippen LogP contribution in [0.15, 0.2) is 47.1 Å². The van der Waals surface area contributed by atoms with E-state index in [4.69, 9.17) is 4.74 Å². The Morgan fingerprint density at radius 1 is 1.38 bits per heavy atom. The van der Waals surface area contributed by atoms with E-state index in [1.54, 1.807) is 22.8 Å². The van der Waals surface area contributed by atoms with Crippen LogP contribution in [0.25, 0.3) is 5.65 Å². The Kier molecular flexibility index (Phi) is 5.46. The van der Waals surface area contributed by atoms with Crippen molar-refractivity contribution in [2.75, 3.05) is 18.0 Å². The van der Waals surface area contributed by atoms with Gasteiger partial charge in [-0.05, 0) is 38.3 Å². The topological polar surface area (TPSA) is 75.3 Å². The van der Waals surface area contributed by atoms with Gasteiger partial charge in [-0.3, -0.25) is 9.79 Å². The third-order valence-corrected chi connectivity index (χ3v) is 6.93. The molecule has 3 fully saturated rings. The summed E-state index contributed by atoms with van der Waals surface area (Å²) in [5.41, 5.74) is -0.748. The number of rotatable bonds is 4. The summed E-state index contributed by atoms with van der Waals surface area (Å²) in [6.07, 6.45) is 3.10. The number of carbonyl (C=O) groups excluding carboxylic acids is 1. The number of amides is 1. The predicted octanol–water partition coefficient (Wildman–Crippen LogP) is 3.35. The maximum absolute atomic E-state index is 15.7. The lowest BCUT2D eigenvalue weighted by atomic mass is 9.88. The lowest BCUT2D eigenvalue weighted by molar-refractivity contribution is -0.148. The zero-order valence-corrected chi connectivity index (χ0v) is 18.9. The highest BCUT2D eigenvalue weighted by Gasteiger charge is 2.62. The number of aromatic nitrogens is 3. The number of hydrogen-bond donors (Lipinski definition) is 0. The van der Waals surface area contributed by atoms with Gasteiger partial charge in [0.1, 0.15) is 17.9 Å². The van der Waals surface area contributed by atoms with Gasteiger partial charge in [0.25, 0.3) is 5.91 Å². The molecule has 3 aliphatic heterocycles. The summed E-state index contributed by atoms with van der Waals surface area (Å²) in [5.74, 6) is -0.875. The van der Waals surface area contributed by atoms with Gasteiger partial charge >= 0.3 is 0 Å². The molecule has 0 radical (unpaired) electrons. The molecule has 3 saturated heterocycles. The molecule has 3 aliphatic rings. The molecular weight excluding hydrogens is 449 g/mol. The number of aliphatic imine (C=N–C) groups is 1. The smallest absolute Gasteiger partial charge is 0.260 e. The van der Waals surface area contributed by atoms with Crippen LogP contribution >= 0.6 is 0 Å². The van der Waals surface area contributed by atoms with Crippen molar-refractivity contribution in [3.05, 3.63) is 48.0 Å². The van der Waals surface area contributed by atoms with Gasteiger partial charge in [-0.2, -0.15) is 9.61 Å². The third kappa shape index (κ3) is 3.41. The molecule has 0 aliphatic carbocycles. The normalized spacial score (nSPS) is 30.0. The highest BCUT2D eigenvalue weighted by Crippen LogP contribution is 2.45. The number of halogens is 3. The van der Waals surface area contributed by atoms with Crippen molar-refractivity contribution < 1.29 is 22.7 Å². The highest BCUT2D eigenvalue weighted by molar-refractivity contribution is 5.91. The van der Waals surface area contributed by atoms with Gasteiger partial charge in [0.2, 0.25) is 0 Å². The molecule has 5 heterocycles. The second kappa shape index (κ2) is 8.23. The molecule has 0 bridgehead atoms. The molecule has 0 aromatic carbocycles. The van der Waals surface area contributed by atoms with E-state index in [0.29, 0.717) is 30.8 Å². The Labute approximate surface area is 194 Å². The van der Waals surface area contributed by atoms with Crippen LogP contribution in [-0.2, 0) is 9.53 Å². The molecule has 34 heavy (non-hydrogen) atoms. The molecule has 180 valence electrons. The minimum Gasteiger partial charge on any atom is -0.353 e. The van der Waals surface area contributed by atoms with E-state index < -0.39 is 35.6 Å². The van der Waals surface area contributed by atoms with E-state index in [9.17, 15) is 13.6 Å². The van der Waals surface area contributed by atoms with Crippen molar-refractivity contribution in [2.24, 2.45) is 4.99 Å². The third-order valence-electron chi connectivity index (χ3n) is 6.93. The Morgan fingerprint density at radius 2 is 2.18 bits per heavy atom. The number of allylic oxidation sites excluding steroid dienone is 2. The zero-order valence-electron chi connectivity index (χ0n) is 18.9. The van der Waals surface area contributed by atoms with Crippen LogP contribution in [0.5, 0.6) is 0 Å². The summed E-state index contributed by atoms with van der Waals surface area (Å²) in [6.45, 7) is 7.08. The number of anilines is 1. The first-order chi connectivity index (χ1) is 16.2. The fourth-order valence-electron chi connectivity index (χ4n) is 4.96. The Balaban J connectivity index is 1.35. The van der Waals surface area contributed by atoms with Crippen LogP contribution in [0.4, 0.5) is 19.0 Å². The predicted molar refractivity (Wildman–Crippen MR) is 119 cm³/mol. The Morgan fingerprint density at radius 3 is 2.91 bits per heavy atom. The maximum Gasteiger partial charge on any atom is 0.260 e. The summed E-state index contributed by atoms with van der Waals surface area (Å²) in [5, 5.41) is 4.00. The number of ether oxygens (including phenoxy) is 1. The average molecular weight is 474 g/mol. The minimum absolute atomic E-state index is 0.0538. The summed E-state index contributed by atoms with van der Waals surface area (Å²) in [6, 6.07) is 1.25. The molecule has 1 amide bonds. The largest absolute Gasteiger partial charge is 0.353 e. The van der Waals surface area contributed by atoms with Gasteiger partial charge in [0.15, 0.2) is 23.2 Å². The first-order valence-electron chi connectivity index (χ1n) is 11.2. The number of carbonyl (C=O) groups is 1. The first-order valence-corrected chi connectivity index (χ1v) is 11.2. The summed E-state index contributed by atoms with van der Waals surface area (Å²) >= 11 is 0. The fourth-order valence-corrected chi connectivity index (χ4v) is 4.96. The van der Waals surface area contributed by atoms with Crippen LogP contribution in [0.3, 0.4) is 0 Å². The summed E-state index contributed by atoms with van der Waals surface area (Å²) in [4.78, 5) is 24.8. The van der Waals surface area contributed by atoms with Gasteiger partial charge in [0.05, 0.1) is 24.5 Å². The van der Waals surface area contributed by atoms with Gasteiger partial charge < -0.3 is 14.5 Å². The first kappa shape index (κ1) is 22.6. The summed E-state index contributed by atoms with van der Waals surface area (Å²) in [7, 11) is 0. The second-order valence-electron chi connectivity index (χ2n) is 8.91. The van der Waals surface area contributed by atoms with Crippen LogP contribution in [0, 0.1) is 5.82 Å². The van der Waals surface area contributed by atoms with Crippen molar-refractivity contribution in [3.8, 4) is 0 Å². The van der Waals surface area contributed by atoms with E-state index in [2.05, 4.69) is 21.7 Å². The number of hydrogen-bond acceptors (Lipinski definition) is 6. The number of fused-ring (bicyclic) bond motifs is 2. The zero-order chi connectivity index (χ0) is 24.2. The van der Waals surface area contributed by atoms with Gasteiger partial charge in [-0.15, -0.1) is 0 Å². The molecule has 8 nitrogen and oxygen atoms in total. The van der Waals surface area contributed by atoms with Crippen LogP contribution in [0.1, 0.15) is 33.1 Å². The molecule has 4 atom stereocenters. The molecule has 2 aromatic rings. The molecule has 0 saturated carbocycles. The van der Waals surface area contributed by atoms with Crippen LogP contribution in [0.2, 0.25) is 0 Å². The van der Waals surface area contributed by atoms with Crippen molar-refractivity contribution in [1.82, 2.24) is 19.5 Å². The van der Waals surface area contributed by atoms with E-state index in [0.717, 1.165) is 6.20 Å². The van der Waals surface area contributed by atoms with Gasteiger partial charge in [-0.1, -0.05) is 6.58 Å². The maximum atomic E-state index is 15.7. The van der Waals surface area contributed by atoms with Crippen LogP contribution in [-0.4, -0.2) is 68.8 Å². The minimum atomic E-state index is -1.61. The monoisotopic (exact) mass is 474 g/mol. The average Bonchev–Trinajstić information content (AvgIpc) is 3.48. The number of piperidine rings is 1. The summed E-state index contributed by atoms with van der Waals surface area (Å²) < 4.78 is 50.3. The molecule has 5 rings (SSSR count). The fraction of sp³-hybridized carbons (Fsp3) is 0.478. The highest BCUT2D eigenvalue weighted by atomic mass is 19.1. The second-order valence-corrected chi connectivity index (χ2v) is 8.91. The van der Waals surface area contributed by atoms with Crippen molar-refractivity contribution in [1.29, 1.82) is 0 Å². The van der Waals surface area contributed by atoms with Crippen molar-refractivity contribution >= 4 is 23.6 Å². The molecular formula is C23H25F3N6O2. The molecule has 11 heteroatoms. The van der Waals surface area contributed by atoms with E-state index in [-0.39, 0.29) is 30.4 Å². The lowest BCUT2D eigenvalue weighted by Crippen LogP contribution is -2.59. The Bertz CT molecular complexity index is 1220. The Hall–Kier alpha value is -3.21. The van der Waals surface area contributed by atoms with E-state index in [1.807, 2.05) is 0 Å². The quantitative estimate of drug-likeness (QED) is 0.636. The van der Waals surface area contributed by atoms with Crippen LogP contribution < -0.4 is 4.90 Å². The SMILES string of the molecule is C=C(/C=N\C(C)=C(/C)F)[C@@H]1CC[C@H]2OC3(CCN(c4ccnc5c(F)cnn45)CC3F)C(=O)N21. The van der Waals surface area contributed by atoms with Gasteiger partial charge in [-0.25, -0.2) is 18.2 Å². The molecule has 2 unspecified atom stereocenters. The lowest BCUT2D eigenvalue weighted by Gasteiger charge is -2.40. The van der Waals surface area contributed by atoms with E-state index >= 15 is 4.39 Å². The molecule has 1 spiro atoms. The van der Waals surface area contributed by atoms with E-state index in [1.165, 1.54) is 23.9 Å².